The third kappa shape index (κ3) is 2.40. The van der Waals surface area contributed by atoms with E-state index in [4.69, 9.17) is 0 Å². The van der Waals surface area contributed by atoms with Crippen molar-refractivity contribution >= 4 is 0 Å². The van der Waals surface area contributed by atoms with Gasteiger partial charge in [0.2, 0.25) is 0 Å². The monoisotopic (exact) mass is 232 g/mol. The SMILES string of the molecule is Cc1cccc(C2(O)CCCC(C)(C)C2)c1C. The predicted molar refractivity (Wildman–Crippen MR) is 72.1 cm³/mol. The van der Waals surface area contributed by atoms with Gasteiger partial charge in [0.15, 0.2) is 0 Å². The summed E-state index contributed by atoms with van der Waals surface area (Å²) in [5.74, 6) is 0. The summed E-state index contributed by atoms with van der Waals surface area (Å²) >= 11 is 0. The van der Waals surface area contributed by atoms with Crippen molar-refractivity contribution in [2.24, 2.45) is 5.41 Å². The van der Waals surface area contributed by atoms with Crippen molar-refractivity contribution in [1.82, 2.24) is 0 Å². The molecule has 1 aromatic rings. The first-order chi connectivity index (χ1) is 7.84. The van der Waals surface area contributed by atoms with Crippen molar-refractivity contribution in [2.45, 2.75) is 59.0 Å². The van der Waals surface area contributed by atoms with Crippen molar-refractivity contribution in [3.05, 3.63) is 34.9 Å². The fraction of sp³-hybridized carbons (Fsp3) is 0.625. The van der Waals surface area contributed by atoms with Crippen LogP contribution in [-0.4, -0.2) is 5.11 Å². The molecule has 1 aromatic carbocycles. The highest BCUT2D eigenvalue weighted by atomic mass is 16.3. The lowest BCUT2D eigenvalue weighted by atomic mass is 9.66. The molecule has 0 amide bonds. The van der Waals surface area contributed by atoms with Crippen molar-refractivity contribution in [1.29, 1.82) is 0 Å². The third-order valence-electron chi connectivity index (χ3n) is 4.32. The standard InChI is InChI=1S/C16H24O/c1-12-7-5-8-14(13(12)2)16(17)10-6-9-15(3,4)11-16/h5,7-8,17H,6,9-11H2,1-4H3. The van der Waals surface area contributed by atoms with E-state index in [1.165, 1.54) is 17.5 Å². The van der Waals surface area contributed by atoms with Crippen LogP contribution in [0.15, 0.2) is 18.2 Å². The molecule has 17 heavy (non-hydrogen) atoms. The highest BCUT2D eigenvalue weighted by Crippen LogP contribution is 2.47. The van der Waals surface area contributed by atoms with Crippen LogP contribution in [0.5, 0.6) is 0 Å². The summed E-state index contributed by atoms with van der Waals surface area (Å²) in [4.78, 5) is 0. The smallest absolute Gasteiger partial charge is 0.0904 e. The Balaban J connectivity index is 2.41. The first-order valence-corrected chi connectivity index (χ1v) is 6.63. The molecule has 0 aliphatic heterocycles. The van der Waals surface area contributed by atoms with Crippen molar-refractivity contribution in [2.75, 3.05) is 0 Å². The van der Waals surface area contributed by atoms with Gasteiger partial charge in [-0.15, -0.1) is 0 Å². The van der Waals surface area contributed by atoms with Gasteiger partial charge in [-0.2, -0.15) is 0 Å². The summed E-state index contributed by atoms with van der Waals surface area (Å²) in [7, 11) is 0. The first-order valence-electron chi connectivity index (χ1n) is 6.63. The van der Waals surface area contributed by atoms with Crippen LogP contribution in [0.4, 0.5) is 0 Å². The molecular formula is C16H24O. The van der Waals surface area contributed by atoms with E-state index in [9.17, 15) is 5.11 Å². The van der Waals surface area contributed by atoms with Gasteiger partial charge >= 0.3 is 0 Å². The van der Waals surface area contributed by atoms with E-state index in [1.54, 1.807) is 0 Å². The molecule has 0 spiro atoms. The van der Waals surface area contributed by atoms with E-state index < -0.39 is 5.60 Å². The van der Waals surface area contributed by atoms with Crippen LogP contribution < -0.4 is 0 Å². The molecule has 1 N–H and O–H groups in total. The van der Waals surface area contributed by atoms with Gasteiger partial charge in [-0.05, 0) is 61.6 Å². The van der Waals surface area contributed by atoms with Crippen LogP contribution in [-0.2, 0) is 5.60 Å². The maximum atomic E-state index is 11.0. The van der Waals surface area contributed by atoms with Gasteiger partial charge in [0.25, 0.3) is 0 Å². The highest BCUT2D eigenvalue weighted by Gasteiger charge is 2.40. The molecule has 2 rings (SSSR count). The number of aliphatic hydroxyl groups is 1. The third-order valence-corrected chi connectivity index (χ3v) is 4.32. The van der Waals surface area contributed by atoms with Crippen LogP contribution in [0.3, 0.4) is 0 Å². The summed E-state index contributed by atoms with van der Waals surface area (Å²) in [5, 5.41) is 11.0. The molecule has 1 aliphatic rings. The molecule has 1 unspecified atom stereocenters. The molecule has 1 nitrogen and oxygen atoms in total. The van der Waals surface area contributed by atoms with Crippen LogP contribution in [0.2, 0.25) is 0 Å². The number of benzene rings is 1. The first kappa shape index (κ1) is 12.6. The molecule has 0 saturated heterocycles. The normalized spacial score (nSPS) is 28.1. The van der Waals surface area contributed by atoms with Gasteiger partial charge in [0, 0.05) is 0 Å². The summed E-state index contributed by atoms with van der Waals surface area (Å²) in [6.07, 6.45) is 4.13. The average Bonchev–Trinajstić information content (AvgIpc) is 2.20. The number of hydrogen-bond acceptors (Lipinski definition) is 1. The van der Waals surface area contributed by atoms with Crippen molar-refractivity contribution in [3.8, 4) is 0 Å². The van der Waals surface area contributed by atoms with Crippen LogP contribution in [0, 0.1) is 19.3 Å². The number of hydrogen-bond donors (Lipinski definition) is 1. The zero-order chi connectivity index (χ0) is 12.7. The van der Waals surface area contributed by atoms with E-state index in [-0.39, 0.29) is 5.41 Å². The Labute approximate surface area is 105 Å². The minimum Gasteiger partial charge on any atom is -0.385 e. The van der Waals surface area contributed by atoms with E-state index in [2.05, 4.69) is 45.9 Å². The van der Waals surface area contributed by atoms with Gasteiger partial charge in [-0.25, -0.2) is 0 Å². The second-order valence-corrected chi connectivity index (χ2v) is 6.47. The Morgan fingerprint density at radius 3 is 2.47 bits per heavy atom. The molecule has 1 aliphatic carbocycles. The van der Waals surface area contributed by atoms with Crippen LogP contribution in [0.25, 0.3) is 0 Å². The minimum absolute atomic E-state index is 0.253. The van der Waals surface area contributed by atoms with E-state index in [1.807, 2.05) is 0 Å². The summed E-state index contributed by atoms with van der Waals surface area (Å²) < 4.78 is 0. The largest absolute Gasteiger partial charge is 0.385 e. The second kappa shape index (κ2) is 4.13. The van der Waals surface area contributed by atoms with Crippen LogP contribution in [0.1, 0.15) is 56.2 Å². The molecule has 0 heterocycles. The van der Waals surface area contributed by atoms with E-state index in [0.717, 1.165) is 24.8 Å². The summed E-state index contributed by atoms with van der Waals surface area (Å²) in [5.41, 5.74) is 3.32. The topological polar surface area (TPSA) is 20.2 Å². The maximum absolute atomic E-state index is 11.0. The Bertz CT molecular complexity index is 420. The Morgan fingerprint density at radius 1 is 1.12 bits per heavy atom. The molecule has 0 radical (unpaired) electrons. The van der Waals surface area contributed by atoms with Gasteiger partial charge in [0.1, 0.15) is 0 Å². The van der Waals surface area contributed by atoms with E-state index in [0.29, 0.717) is 0 Å². The van der Waals surface area contributed by atoms with Crippen LogP contribution >= 0.6 is 0 Å². The summed E-state index contributed by atoms with van der Waals surface area (Å²) in [6, 6.07) is 6.29. The lowest BCUT2D eigenvalue weighted by molar-refractivity contribution is -0.0445. The van der Waals surface area contributed by atoms with E-state index >= 15 is 0 Å². The molecular weight excluding hydrogens is 208 g/mol. The quantitative estimate of drug-likeness (QED) is 0.773. The molecule has 1 atom stereocenters. The second-order valence-electron chi connectivity index (χ2n) is 6.47. The predicted octanol–water partition coefficient (Wildman–Crippen LogP) is 4.09. The zero-order valence-corrected chi connectivity index (χ0v) is 11.5. The van der Waals surface area contributed by atoms with Crippen molar-refractivity contribution < 1.29 is 5.11 Å². The minimum atomic E-state index is -0.613. The fourth-order valence-corrected chi connectivity index (χ4v) is 3.31. The maximum Gasteiger partial charge on any atom is 0.0904 e. The highest BCUT2D eigenvalue weighted by molar-refractivity contribution is 5.37. The molecule has 1 fully saturated rings. The van der Waals surface area contributed by atoms with Gasteiger partial charge in [-0.1, -0.05) is 32.0 Å². The lowest BCUT2D eigenvalue weighted by Crippen LogP contribution is -2.37. The Morgan fingerprint density at radius 2 is 1.82 bits per heavy atom. The Hall–Kier alpha value is -0.820. The molecule has 94 valence electrons. The zero-order valence-electron chi connectivity index (χ0n) is 11.5. The molecule has 0 bridgehead atoms. The molecule has 1 saturated carbocycles. The lowest BCUT2D eigenvalue weighted by Gasteiger charge is -2.42. The molecule has 0 aromatic heterocycles. The molecule has 1 heteroatoms. The van der Waals surface area contributed by atoms with Gasteiger partial charge in [-0.3, -0.25) is 0 Å². The number of rotatable bonds is 1. The van der Waals surface area contributed by atoms with Gasteiger partial charge in [0.05, 0.1) is 5.60 Å². The number of aryl methyl sites for hydroxylation is 1. The average molecular weight is 232 g/mol. The van der Waals surface area contributed by atoms with Crippen molar-refractivity contribution in [3.63, 3.8) is 0 Å². The Kier molecular flexibility index (Phi) is 3.07. The summed E-state index contributed by atoms with van der Waals surface area (Å²) in [6.45, 7) is 8.78. The fourth-order valence-electron chi connectivity index (χ4n) is 3.31. The van der Waals surface area contributed by atoms with Gasteiger partial charge < -0.3 is 5.11 Å².